The first kappa shape index (κ1) is 17.8. The van der Waals surface area contributed by atoms with Crippen LogP contribution in [-0.4, -0.2) is 53.2 Å². The number of unbranched alkanes of at least 4 members (excludes halogenated alkanes) is 2. The van der Waals surface area contributed by atoms with Crippen LogP contribution in [0, 0.1) is 0 Å². The van der Waals surface area contributed by atoms with E-state index >= 15 is 0 Å². The van der Waals surface area contributed by atoms with E-state index in [-0.39, 0.29) is 11.5 Å². The Bertz CT molecular complexity index is 399. The largest absolute Gasteiger partial charge is 0.381 e. The molecule has 0 radical (unpaired) electrons. The number of hydrogen-bond donors (Lipinski definition) is 1. The van der Waals surface area contributed by atoms with Gasteiger partial charge < -0.3 is 4.74 Å². The summed E-state index contributed by atoms with van der Waals surface area (Å²) in [5.41, 5.74) is 0. The number of hydrogen-bond acceptors (Lipinski definition) is 6. The molecule has 110 valence electrons. The SMILES string of the molecule is COS(=O)(=O)CCCCOCCCCS(=O)(=O)O. The van der Waals surface area contributed by atoms with Gasteiger partial charge >= 0.3 is 0 Å². The van der Waals surface area contributed by atoms with E-state index in [0.717, 1.165) is 7.11 Å². The average molecular weight is 304 g/mol. The predicted octanol–water partition coefficient (Wildman–Crippen LogP) is 0.427. The van der Waals surface area contributed by atoms with E-state index in [1.54, 1.807) is 0 Å². The molecular weight excluding hydrogens is 284 g/mol. The summed E-state index contributed by atoms with van der Waals surface area (Å²) in [6.45, 7) is 0.817. The fourth-order valence-corrected chi connectivity index (χ4v) is 2.45. The molecule has 1 N–H and O–H groups in total. The number of rotatable bonds is 11. The Kier molecular flexibility index (Phi) is 8.70. The van der Waals surface area contributed by atoms with E-state index in [0.29, 0.717) is 38.9 Å². The molecule has 0 spiro atoms. The summed E-state index contributed by atoms with van der Waals surface area (Å²) in [6, 6.07) is 0. The van der Waals surface area contributed by atoms with Gasteiger partial charge in [0, 0.05) is 13.2 Å². The molecule has 0 heterocycles. The molecule has 0 saturated heterocycles. The molecule has 0 aromatic carbocycles. The zero-order valence-electron chi connectivity index (χ0n) is 10.4. The van der Waals surface area contributed by atoms with Crippen molar-refractivity contribution in [1.29, 1.82) is 0 Å². The Labute approximate surface area is 108 Å². The van der Waals surface area contributed by atoms with Gasteiger partial charge in [-0.2, -0.15) is 16.8 Å². The molecule has 0 rings (SSSR count). The summed E-state index contributed by atoms with van der Waals surface area (Å²) in [7, 11) is -6.14. The van der Waals surface area contributed by atoms with Gasteiger partial charge in [-0.05, 0) is 25.7 Å². The zero-order valence-corrected chi connectivity index (χ0v) is 12.0. The molecule has 0 aromatic heterocycles. The standard InChI is InChI=1S/C9H20O7S2/c1-15-18(13,14)9-5-3-7-16-6-2-4-8-17(10,11)12/h2-9H2,1H3,(H,10,11,12). The Morgan fingerprint density at radius 2 is 1.39 bits per heavy atom. The van der Waals surface area contributed by atoms with Crippen LogP contribution < -0.4 is 0 Å². The highest BCUT2D eigenvalue weighted by Crippen LogP contribution is 1.99. The highest BCUT2D eigenvalue weighted by atomic mass is 32.2. The van der Waals surface area contributed by atoms with Crippen molar-refractivity contribution in [3.05, 3.63) is 0 Å². The van der Waals surface area contributed by atoms with Crippen LogP contribution in [0.2, 0.25) is 0 Å². The van der Waals surface area contributed by atoms with E-state index in [9.17, 15) is 16.8 Å². The first-order valence-electron chi connectivity index (χ1n) is 5.58. The maximum absolute atomic E-state index is 10.9. The predicted molar refractivity (Wildman–Crippen MR) is 66.5 cm³/mol. The molecule has 0 saturated carbocycles. The number of ether oxygens (including phenoxy) is 1. The third kappa shape index (κ3) is 12.2. The Morgan fingerprint density at radius 1 is 0.889 bits per heavy atom. The first-order valence-corrected chi connectivity index (χ1v) is 8.77. The smallest absolute Gasteiger partial charge is 0.267 e. The Morgan fingerprint density at radius 3 is 1.83 bits per heavy atom. The van der Waals surface area contributed by atoms with Crippen molar-refractivity contribution in [3.8, 4) is 0 Å². The Balaban J connectivity index is 3.32. The minimum Gasteiger partial charge on any atom is -0.381 e. The van der Waals surface area contributed by atoms with Crippen molar-refractivity contribution in [1.82, 2.24) is 0 Å². The highest BCUT2D eigenvalue weighted by molar-refractivity contribution is 7.86. The van der Waals surface area contributed by atoms with Crippen molar-refractivity contribution < 1.29 is 30.3 Å². The minimum atomic E-state index is -3.88. The molecule has 0 unspecified atom stereocenters. The van der Waals surface area contributed by atoms with Crippen molar-refractivity contribution in [2.75, 3.05) is 31.8 Å². The average Bonchev–Trinajstić information content (AvgIpc) is 2.25. The fourth-order valence-electron chi connectivity index (χ4n) is 1.16. The molecule has 0 fully saturated rings. The van der Waals surface area contributed by atoms with E-state index in [1.807, 2.05) is 0 Å². The van der Waals surface area contributed by atoms with Crippen LogP contribution in [0.3, 0.4) is 0 Å². The van der Waals surface area contributed by atoms with Gasteiger partial charge in [-0.15, -0.1) is 0 Å². The van der Waals surface area contributed by atoms with Gasteiger partial charge in [0.2, 0.25) is 0 Å². The molecule has 18 heavy (non-hydrogen) atoms. The van der Waals surface area contributed by atoms with Gasteiger partial charge in [-0.25, -0.2) is 0 Å². The normalized spacial score (nSPS) is 12.8. The highest BCUT2D eigenvalue weighted by Gasteiger charge is 2.07. The molecule has 7 nitrogen and oxygen atoms in total. The van der Waals surface area contributed by atoms with Gasteiger partial charge in [0.05, 0.1) is 18.6 Å². The lowest BCUT2D eigenvalue weighted by molar-refractivity contribution is 0.128. The lowest BCUT2D eigenvalue weighted by atomic mass is 10.3. The summed E-state index contributed by atoms with van der Waals surface area (Å²) in [6.07, 6.45) is 1.94. The van der Waals surface area contributed by atoms with Gasteiger partial charge in [-0.1, -0.05) is 0 Å². The second kappa shape index (κ2) is 8.81. The van der Waals surface area contributed by atoms with Crippen LogP contribution in [0.25, 0.3) is 0 Å². The van der Waals surface area contributed by atoms with Crippen LogP contribution in [-0.2, 0) is 29.2 Å². The second-order valence-corrected chi connectivity index (χ2v) is 7.17. The maximum Gasteiger partial charge on any atom is 0.267 e. The topological polar surface area (TPSA) is 107 Å². The van der Waals surface area contributed by atoms with Gasteiger partial charge in [0.25, 0.3) is 20.2 Å². The first-order chi connectivity index (χ1) is 8.27. The van der Waals surface area contributed by atoms with E-state index < -0.39 is 20.2 Å². The van der Waals surface area contributed by atoms with Crippen molar-refractivity contribution >= 4 is 20.2 Å². The summed E-state index contributed by atoms with van der Waals surface area (Å²) in [5.74, 6) is -0.294. The summed E-state index contributed by atoms with van der Waals surface area (Å²) in [4.78, 5) is 0. The van der Waals surface area contributed by atoms with Gasteiger partial charge in [0.1, 0.15) is 0 Å². The molecule has 9 heteroatoms. The van der Waals surface area contributed by atoms with Crippen LogP contribution >= 0.6 is 0 Å². The summed E-state index contributed by atoms with van der Waals surface area (Å²) >= 11 is 0. The van der Waals surface area contributed by atoms with Gasteiger partial charge in [-0.3, -0.25) is 8.74 Å². The molecule has 0 atom stereocenters. The molecule has 0 amide bonds. The van der Waals surface area contributed by atoms with Crippen LogP contribution in [0.4, 0.5) is 0 Å². The summed E-state index contributed by atoms with van der Waals surface area (Å²) < 4.78 is 60.5. The zero-order chi connectivity index (χ0) is 14.1. The van der Waals surface area contributed by atoms with Crippen LogP contribution in [0.15, 0.2) is 0 Å². The molecular formula is C9H20O7S2. The lowest BCUT2D eigenvalue weighted by Crippen LogP contribution is -2.09. The van der Waals surface area contributed by atoms with Crippen LogP contribution in [0.1, 0.15) is 25.7 Å². The second-order valence-electron chi connectivity index (χ2n) is 3.74. The molecule has 0 bridgehead atoms. The fraction of sp³-hybridized carbons (Fsp3) is 1.00. The van der Waals surface area contributed by atoms with Crippen LogP contribution in [0.5, 0.6) is 0 Å². The molecule has 0 aromatic rings. The monoisotopic (exact) mass is 304 g/mol. The lowest BCUT2D eigenvalue weighted by Gasteiger charge is -2.04. The maximum atomic E-state index is 10.9. The minimum absolute atomic E-state index is 0.0321. The molecule has 0 aliphatic carbocycles. The van der Waals surface area contributed by atoms with Gasteiger partial charge in [0.15, 0.2) is 0 Å². The van der Waals surface area contributed by atoms with E-state index in [1.165, 1.54) is 0 Å². The Hall–Kier alpha value is -0.220. The third-order valence-electron chi connectivity index (χ3n) is 2.13. The third-order valence-corrected chi connectivity index (χ3v) is 4.23. The van der Waals surface area contributed by atoms with Crippen molar-refractivity contribution in [2.45, 2.75) is 25.7 Å². The molecule has 0 aliphatic rings. The summed E-state index contributed by atoms with van der Waals surface area (Å²) in [5, 5.41) is 0. The van der Waals surface area contributed by atoms with E-state index in [2.05, 4.69) is 4.18 Å². The molecule has 0 aliphatic heterocycles. The quantitative estimate of drug-likeness (QED) is 0.335. The van der Waals surface area contributed by atoms with E-state index in [4.69, 9.17) is 9.29 Å². The van der Waals surface area contributed by atoms with Crippen molar-refractivity contribution in [2.24, 2.45) is 0 Å². The van der Waals surface area contributed by atoms with Crippen molar-refractivity contribution in [3.63, 3.8) is 0 Å².